The van der Waals surface area contributed by atoms with Crippen molar-refractivity contribution in [3.8, 4) is 0 Å². The van der Waals surface area contributed by atoms with E-state index in [2.05, 4.69) is 10.6 Å². The number of aryl methyl sites for hydroxylation is 2. The first-order valence-corrected chi connectivity index (χ1v) is 10.5. The van der Waals surface area contributed by atoms with Gasteiger partial charge in [0.1, 0.15) is 0 Å². The molecule has 2 aliphatic rings. The second-order valence-electron chi connectivity index (χ2n) is 8.40. The lowest BCUT2D eigenvalue weighted by atomic mass is 9.82. The molecule has 0 aromatic heterocycles. The number of benzene rings is 2. The number of anilines is 1. The van der Waals surface area contributed by atoms with E-state index in [9.17, 15) is 9.59 Å². The number of nitrogens with one attached hydrogen (secondary N) is 2. The van der Waals surface area contributed by atoms with Gasteiger partial charge in [-0.15, -0.1) is 0 Å². The minimum atomic E-state index is -0.0211. The van der Waals surface area contributed by atoms with E-state index < -0.39 is 0 Å². The molecule has 29 heavy (non-hydrogen) atoms. The van der Waals surface area contributed by atoms with Crippen LogP contribution in [0.1, 0.15) is 53.6 Å². The maximum Gasteiger partial charge on any atom is 0.322 e. The van der Waals surface area contributed by atoms with Crippen molar-refractivity contribution >= 4 is 17.6 Å². The predicted octanol–water partition coefficient (Wildman–Crippen LogP) is 4.65. The number of urea groups is 1. The Morgan fingerprint density at radius 2 is 1.59 bits per heavy atom. The van der Waals surface area contributed by atoms with Gasteiger partial charge in [-0.05, 0) is 69.7 Å². The Bertz CT molecular complexity index is 879. The number of rotatable bonds is 3. The largest absolute Gasteiger partial charge is 0.349 e. The van der Waals surface area contributed by atoms with Crippen molar-refractivity contribution in [3.63, 3.8) is 0 Å². The van der Waals surface area contributed by atoms with Crippen molar-refractivity contribution in [2.75, 3.05) is 5.32 Å². The number of amides is 3. The number of piperidine rings is 2. The Balaban J connectivity index is 1.42. The molecule has 2 fully saturated rings. The van der Waals surface area contributed by atoms with E-state index in [0.717, 1.165) is 48.9 Å². The van der Waals surface area contributed by atoms with Crippen molar-refractivity contribution in [1.82, 2.24) is 10.2 Å². The van der Waals surface area contributed by atoms with Gasteiger partial charge in [0.2, 0.25) is 0 Å². The highest BCUT2D eigenvalue weighted by Gasteiger charge is 2.41. The average Bonchev–Trinajstić information content (AvgIpc) is 2.69. The van der Waals surface area contributed by atoms with Crippen LogP contribution in [0.3, 0.4) is 0 Å². The van der Waals surface area contributed by atoms with Gasteiger partial charge in [-0.3, -0.25) is 4.79 Å². The molecule has 2 bridgehead atoms. The molecule has 2 aromatic carbocycles. The molecule has 5 heteroatoms. The molecule has 2 saturated heterocycles. The van der Waals surface area contributed by atoms with Crippen LogP contribution in [0.4, 0.5) is 10.5 Å². The third kappa shape index (κ3) is 4.29. The summed E-state index contributed by atoms with van der Waals surface area (Å²) in [6.45, 7) is 3.99. The van der Waals surface area contributed by atoms with Gasteiger partial charge in [-0.1, -0.05) is 35.9 Å². The number of carbonyl (C=O) groups is 2. The van der Waals surface area contributed by atoms with E-state index >= 15 is 0 Å². The zero-order valence-electron chi connectivity index (χ0n) is 17.2. The second kappa shape index (κ2) is 8.27. The molecule has 0 radical (unpaired) electrons. The van der Waals surface area contributed by atoms with E-state index in [1.165, 1.54) is 5.56 Å². The number of carbonyl (C=O) groups excluding carboxylic acids is 2. The minimum Gasteiger partial charge on any atom is -0.349 e. The maximum absolute atomic E-state index is 13.0. The lowest BCUT2D eigenvalue weighted by molar-refractivity contribution is 0.0577. The molecule has 2 aromatic rings. The molecular formula is C24H29N3O2. The van der Waals surface area contributed by atoms with Crippen molar-refractivity contribution in [1.29, 1.82) is 0 Å². The Morgan fingerprint density at radius 3 is 2.24 bits per heavy atom. The van der Waals surface area contributed by atoms with Crippen molar-refractivity contribution < 1.29 is 9.59 Å². The molecular weight excluding hydrogens is 362 g/mol. The molecule has 2 aliphatic heterocycles. The van der Waals surface area contributed by atoms with E-state index in [1.807, 2.05) is 67.3 Å². The number of nitrogens with zero attached hydrogens (tertiary/aromatic N) is 1. The summed E-state index contributed by atoms with van der Waals surface area (Å²) in [4.78, 5) is 27.7. The van der Waals surface area contributed by atoms with Gasteiger partial charge < -0.3 is 15.5 Å². The van der Waals surface area contributed by atoms with Gasteiger partial charge in [-0.2, -0.15) is 0 Å². The summed E-state index contributed by atoms with van der Waals surface area (Å²) in [5.41, 5.74) is 3.72. The first kappa shape index (κ1) is 19.5. The summed E-state index contributed by atoms with van der Waals surface area (Å²) in [7, 11) is 0. The van der Waals surface area contributed by atoms with Crippen LogP contribution in [0.2, 0.25) is 0 Å². The van der Waals surface area contributed by atoms with Crippen LogP contribution in [0.25, 0.3) is 0 Å². The maximum atomic E-state index is 13.0. The third-order valence-corrected chi connectivity index (χ3v) is 6.24. The Morgan fingerprint density at radius 1 is 0.931 bits per heavy atom. The topological polar surface area (TPSA) is 61.4 Å². The zero-order valence-corrected chi connectivity index (χ0v) is 17.2. The molecule has 0 unspecified atom stereocenters. The summed E-state index contributed by atoms with van der Waals surface area (Å²) >= 11 is 0. The first-order valence-electron chi connectivity index (χ1n) is 10.5. The predicted molar refractivity (Wildman–Crippen MR) is 115 cm³/mol. The minimum absolute atomic E-state index is 0.0104. The summed E-state index contributed by atoms with van der Waals surface area (Å²) in [6, 6.07) is 16.0. The van der Waals surface area contributed by atoms with Gasteiger partial charge in [0.25, 0.3) is 5.91 Å². The van der Waals surface area contributed by atoms with E-state index in [4.69, 9.17) is 0 Å². The fourth-order valence-electron chi connectivity index (χ4n) is 4.75. The van der Waals surface area contributed by atoms with Crippen molar-refractivity contribution in [3.05, 3.63) is 65.2 Å². The lowest BCUT2D eigenvalue weighted by Crippen LogP contribution is -2.59. The highest BCUT2D eigenvalue weighted by atomic mass is 16.2. The quantitative estimate of drug-likeness (QED) is 0.800. The Kier molecular flexibility index (Phi) is 5.56. The monoisotopic (exact) mass is 391 g/mol. The Hall–Kier alpha value is -2.82. The fraction of sp³-hybridized carbons (Fsp3) is 0.417. The fourth-order valence-corrected chi connectivity index (χ4v) is 4.75. The Labute approximate surface area is 172 Å². The van der Waals surface area contributed by atoms with Crippen LogP contribution in [-0.4, -0.2) is 35.0 Å². The standard InChI is InChI=1S/C24H29N3O2/c1-16-10-12-18(13-11-16)26-24(29)27-20-7-5-8-21(27)15-19(14-20)25-23(28)22-9-4-3-6-17(22)2/h3-4,6,9-13,19-21H,5,7-8,14-15H2,1-2H3,(H,25,28)(H,26,29)/t20-,21-/m0/s1. The van der Waals surface area contributed by atoms with Crippen LogP contribution in [0.5, 0.6) is 0 Å². The second-order valence-corrected chi connectivity index (χ2v) is 8.40. The average molecular weight is 392 g/mol. The molecule has 152 valence electrons. The zero-order chi connectivity index (χ0) is 20.4. The smallest absolute Gasteiger partial charge is 0.322 e. The molecule has 0 saturated carbocycles. The number of hydrogen-bond donors (Lipinski definition) is 2. The van der Waals surface area contributed by atoms with Gasteiger partial charge >= 0.3 is 6.03 Å². The van der Waals surface area contributed by atoms with Gasteiger partial charge in [0.05, 0.1) is 0 Å². The molecule has 3 amide bonds. The number of fused-ring (bicyclic) bond motifs is 2. The van der Waals surface area contributed by atoms with E-state index in [1.54, 1.807) is 0 Å². The highest BCUT2D eigenvalue weighted by molar-refractivity contribution is 5.95. The van der Waals surface area contributed by atoms with Crippen LogP contribution < -0.4 is 10.6 Å². The van der Waals surface area contributed by atoms with Crippen LogP contribution in [-0.2, 0) is 0 Å². The first-order chi connectivity index (χ1) is 14.0. The summed E-state index contributed by atoms with van der Waals surface area (Å²) < 4.78 is 0. The van der Waals surface area contributed by atoms with Crippen molar-refractivity contribution in [2.45, 2.75) is 64.1 Å². The summed E-state index contributed by atoms with van der Waals surface area (Å²) in [6.07, 6.45) is 4.76. The van der Waals surface area contributed by atoms with Crippen LogP contribution >= 0.6 is 0 Å². The molecule has 5 nitrogen and oxygen atoms in total. The van der Waals surface area contributed by atoms with Gasteiger partial charge in [-0.25, -0.2) is 4.79 Å². The number of hydrogen-bond acceptors (Lipinski definition) is 2. The SMILES string of the molecule is Cc1ccc(NC(=O)N2[C@H]3CCC[C@H]2CC(NC(=O)c2ccccc2C)C3)cc1. The van der Waals surface area contributed by atoms with E-state index in [-0.39, 0.29) is 30.1 Å². The molecule has 0 spiro atoms. The molecule has 2 atom stereocenters. The lowest BCUT2D eigenvalue weighted by Gasteiger charge is -2.48. The third-order valence-electron chi connectivity index (χ3n) is 6.24. The van der Waals surface area contributed by atoms with Crippen molar-refractivity contribution in [2.24, 2.45) is 0 Å². The highest BCUT2D eigenvalue weighted by Crippen LogP contribution is 2.34. The van der Waals surface area contributed by atoms with Gasteiger partial charge in [0.15, 0.2) is 0 Å². The van der Waals surface area contributed by atoms with E-state index in [0.29, 0.717) is 0 Å². The summed E-state index contributed by atoms with van der Waals surface area (Å²) in [5, 5.41) is 6.28. The van der Waals surface area contributed by atoms with Crippen LogP contribution in [0.15, 0.2) is 48.5 Å². The summed E-state index contributed by atoms with van der Waals surface area (Å²) in [5.74, 6) is -0.0104. The van der Waals surface area contributed by atoms with Crippen LogP contribution in [0, 0.1) is 13.8 Å². The molecule has 4 rings (SSSR count). The molecule has 2 N–H and O–H groups in total. The van der Waals surface area contributed by atoms with Gasteiger partial charge in [0, 0.05) is 29.4 Å². The molecule has 0 aliphatic carbocycles. The molecule has 2 heterocycles. The normalized spacial score (nSPS) is 23.4.